The van der Waals surface area contributed by atoms with Gasteiger partial charge in [0, 0.05) is 38.3 Å². The topological polar surface area (TPSA) is 69.6 Å². The molecule has 0 saturated carbocycles. The molecule has 34 heavy (non-hydrogen) atoms. The van der Waals surface area contributed by atoms with E-state index in [1.54, 1.807) is 6.07 Å². The number of ether oxygens (including phenoxy) is 1. The molecule has 0 bridgehead atoms. The summed E-state index contributed by atoms with van der Waals surface area (Å²) >= 11 is 5.51. The molecule has 0 amide bonds. The number of benzene rings is 2. The van der Waals surface area contributed by atoms with E-state index in [1.165, 1.54) is 0 Å². The normalized spacial score (nSPS) is 15.2. The molecular weight excluding hydrogens is 446 g/mol. The summed E-state index contributed by atoms with van der Waals surface area (Å²) in [5.74, 6) is 2.16. The van der Waals surface area contributed by atoms with Crippen molar-refractivity contribution >= 4 is 12.2 Å². The van der Waals surface area contributed by atoms with Crippen LogP contribution in [0.2, 0.25) is 0 Å². The molecule has 0 spiro atoms. The minimum absolute atomic E-state index is 0.212. The summed E-state index contributed by atoms with van der Waals surface area (Å²) in [5.41, 5.74) is 2.94. The van der Waals surface area contributed by atoms with Crippen LogP contribution in [0.4, 0.5) is 0 Å². The number of aromatic hydroxyl groups is 1. The molecule has 3 aromatic rings. The second kappa shape index (κ2) is 11.2. The average molecular weight is 482 g/mol. The Kier molecular flexibility index (Phi) is 8.03. The number of piperazine rings is 1. The number of H-pyrrole nitrogens is 1. The largest absolute Gasteiger partial charge is 0.508 e. The average Bonchev–Trinajstić information content (AvgIpc) is 3.20. The molecule has 4 rings (SSSR count). The highest BCUT2D eigenvalue weighted by Crippen LogP contribution is 2.30. The number of nitrogens with one attached hydrogen (secondary N) is 1. The Bertz CT molecular complexity index is 1130. The maximum Gasteiger partial charge on any atom is 0.195 e. The fourth-order valence-electron chi connectivity index (χ4n) is 4.34. The van der Waals surface area contributed by atoms with Crippen LogP contribution in [0.15, 0.2) is 42.5 Å². The van der Waals surface area contributed by atoms with Crippen LogP contribution in [-0.4, -0.2) is 75.5 Å². The van der Waals surface area contributed by atoms with Crippen molar-refractivity contribution in [2.45, 2.75) is 33.2 Å². The molecular formula is C26H35N5O2S. The number of aromatic nitrogens is 3. The molecule has 7 nitrogen and oxygen atoms in total. The Hall–Kier alpha value is -2.68. The maximum atomic E-state index is 10.2. The SMILES string of the molecule is CCN1CCN(CCOc2ccc(Cn3c(-c4ccc(O)c(C(C)C)c4)n[nH]c3=S)cc2)CC1. The molecule has 1 aromatic heterocycles. The fourth-order valence-corrected chi connectivity index (χ4v) is 4.53. The van der Waals surface area contributed by atoms with Gasteiger partial charge in [-0.3, -0.25) is 14.6 Å². The van der Waals surface area contributed by atoms with Gasteiger partial charge in [-0.1, -0.05) is 32.9 Å². The van der Waals surface area contributed by atoms with Gasteiger partial charge in [0.1, 0.15) is 18.1 Å². The van der Waals surface area contributed by atoms with Gasteiger partial charge in [0.05, 0.1) is 6.54 Å². The number of nitrogens with zero attached hydrogens (tertiary/aromatic N) is 4. The molecule has 0 unspecified atom stereocenters. The van der Waals surface area contributed by atoms with E-state index >= 15 is 0 Å². The maximum absolute atomic E-state index is 10.2. The Morgan fingerprint density at radius 1 is 1.06 bits per heavy atom. The number of rotatable bonds is 9. The molecule has 1 aliphatic heterocycles. The summed E-state index contributed by atoms with van der Waals surface area (Å²) in [5, 5.41) is 17.5. The lowest BCUT2D eigenvalue weighted by Gasteiger charge is -2.33. The van der Waals surface area contributed by atoms with E-state index in [-0.39, 0.29) is 5.92 Å². The first-order valence-corrected chi connectivity index (χ1v) is 12.5. The van der Waals surface area contributed by atoms with Crippen LogP contribution in [0.25, 0.3) is 11.4 Å². The van der Waals surface area contributed by atoms with Crippen molar-refractivity contribution in [3.05, 3.63) is 58.4 Å². The molecule has 1 fully saturated rings. The van der Waals surface area contributed by atoms with Crippen LogP contribution in [0.1, 0.15) is 37.8 Å². The van der Waals surface area contributed by atoms with Crippen molar-refractivity contribution < 1.29 is 9.84 Å². The zero-order chi connectivity index (χ0) is 24.1. The molecule has 0 aliphatic carbocycles. The van der Waals surface area contributed by atoms with Crippen LogP contribution >= 0.6 is 12.2 Å². The highest BCUT2D eigenvalue weighted by molar-refractivity contribution is 7.71. The lowest BCUT2D eigenvalue weighted by molar-refractivity contribution is 0.121. The number of likely N-dealkylation sites (N-methyl/N-ethyl adjacent to an activating group) is 1. The van der Waals surface area contributed by atoms with Crippen molar-refractivity contribution in [1.29, 1.82) is 0 Å². The Morgan fingerprint density at radius 2 is 1.76 bits per heavy atom. The molecule has 2 aromatic carbocycles. The third kappa shape index (κ3) is 5.87. The van der Waals surface area contributed by atoms with Gasteiger partial charge in [-0.25, -0.2) is 0 Å². The second-order valence-corrected chi connectivity index (χ2v) is 9.52. The third-order valence-electron chi connectivity index (χ3n) is 6.52. The fraction of sp³-hybridized carbons (Fsp3) is 0.462. The van der Waals surface area contributed by atoms with E-state index in [0.29, 0.717) is 23.7 Å². The lowest BCUT2D eigenvalue weighted by Crippen LogP contribution is -2.47. The smallest absolute Gasteiger partial charge is 0.195 e. The van der Waals surface area contributed by atoms with Gasteiger partial charge in [-0.2, -0.15) is 5.10 Å². The first-order chi connectivity index (χ1) is 16.4. The summed E-state index contributed by atoms with van der Waals surface area (Å²) in [6.07, 6.45) is 0. The molecule has 0 atom stereocenters. The summed E-state index contributed by atoms with van der Waals surface area (Å²) in [6.45, 7) is 14.3. The second-order valence-electron chi connectivity index (χ2n) is 9.14. The minimum atomic E-state index is 0.212. The van der Waals surface area contributed by atoms with E-state index in [4.69, 9.17) is 17.0 Å². The lowest BCUT2D eigenvalue weighted by atomic mass is 9.99. The molecule has 8 heteroatoms. The number of hydrogen-bond donors (Lipinski definition) is 2. The van der Waals surface area contributed by atoms with E-state index < -0.39 is 0 Å². The summed E-state index contributed by atoms with van der Waals surface area (Å²) in [6, 6.07) is 13.8. The van der Waals surface area contributed by atoms with Crippen LogP contribution in [0.5, 0.6) is 11.5 Å². The number of aromatic amines is 1. The van der Waals surface area contributed by atoms with Gasteiger partial charge in [-0.05, 0) is 66.1 Å². The summed E-state index contributed by atoms with van der Waals surface area (Å²) in [7, 11) is 0. The Balaban J connectivity index is 1.37. The first-order valence-electron chi connectivity index (χ1n) is 12.1. The van der Waals surface area contributed by atoms with Crippen LogP contribution in [0.3, 0.4) is 0 Å². The zero-order valence-corrected chi connectivity index (χ0v) is 21.1. The predicted octanol–water partition coefficient (Wildman–Crippen LogP) is 4.50. The highest BCUT2D eigenvalue weighted by Gasteiger charge is 2.15. The quantitative estimate of drug-likeness (QED) is 0.439. The molecule has 0 radical (unpaired) electrons. The van der Waals surface area contributed by atoms with Gasteiger partial charge < -0.3 is 14.7 Å². The molecule has 2 N–H and O–H groups in total. The van der Waals surface area contributed by atoms with Gasteiger partial charge >= 0.3 is 0 Å². The van der Waals surface area contributed by atoms with Gasteiger partial charge in [0.2, 0.25) is 0 Å². The highest BCUT2D eigenvalue weighted by atomic mass is 32.1. The molecule has 182 valence electrons. The number of phenolic OH excluding ortho intramolecular Hbond substituents is 1. The van der Waals surface area contributed by atoms with Gasteiger partial charge in [-0.15, -0.1) is 0 Å². The van der Waals surface area contributed by atoms with Crippen LogP contribution in [0, 0.1) is 4.77 Å². The molecule has 2 heterocycles. The zero-order valence-electron chi connectivity index (χ0n) is 20.3. The van der Waals surface area contributed by atoms with Gasteiger partial charge in [0.25, 0.3) is 0 Å². The first kappa shape index (κ1) is 24.4. The summed E-state index contributed by atoms with van der Waals surface area (Å²) in [4.78, 5) is 4.95. The van der Waals surface area contributed by atoms with Crippen molar-refractivity contribution in [3.63, 3.8) is 0 Å². The van der Waals surface area contributed by atoms with E-state index in [0.717, 1.165) is 67.5 Å². The van der Waals surface area contributed by atoms with Crippen molar-refractivity contribution in [2.24, 2.45) is 0 Å². The Labute approximate surface area is 207 Å². The van der Waals surface area contributed by atoms with E-state index in [2.05, 4.69) is 52.9 Å². The van der Waals surface area contributed by atoms with Crippen molar-refractivity contribution in [2.75, 3.05) is 45.9 Å². The summed E-state index contributed by atoms with van der Waals surface area (Å²) < 4.78 is 8.54. The van der Waals surface area contributed by atoms with Crippen molar-refractivity contribution in [3.8, 4) is 22.9 Å². The molecule has 1 aliphatic rings. The molecule has 1 saturated heterocycles. The van der Waals surface area contributed by atoms with Crippen LogP contribution in [-0.2, 0) is 6.54 Å². The van der Waals surface area contributed by atoms with Crippen LogP contribution < -0.4 is 4.74 Å². The van der Waals surface area contributed by atoms with E-state index in [1.807, 2.05) is 28.8 Å². The number of hydrogen-bond acceptors (Lipinski definition) is 6. The Morgan fingerprint density at radius 3 is 2.44 bits per heavy atom. The predicted molar refractivity (Wildman–Crippen MR) is 138 cm³/mol. The standard InChI is InChI=1S/C26H35N5O2S/c1-4-29-11-13-30(14-12-29)15-16-33-22-8-5-20(6-9-22)18-31-25(27-28-26(31)34)21-7-10-24(32)23(17-21)19(2)3/h5-10,17,19,32H,4,11-16,18H2,1-3H3,(H,28,34). The minimum Gasteiger partial charge on any atom is -0.508 e. The monoisotopic (exact) mass is 481 g/mol. The van der Waals surface area contributed by atoms with Gasteiger partial charge in [0.15, 0.2) is 10.6 Å². The third-order valence-corrected chi connectivity index (χ3v) is 6.83. The number of phenols is 1. The van der Waals surface area contributed by atoms with E-state index in [9.17, 15) is 5.11 Å². The van der Waals surface area contributed by atoms with Crippen molar-refractivity contribution in [1.82, 2.24) is 24.6 Å².